The van der Waals surface area contributed by atoms with Crippen molar-refractivity contribution >= 4 is 0 Å². The van der Waals surface area contributed by atoms with Crippen LogP contribution < -0.4 is 0 Å². The average Bonchev–Trinajstić information content (AvgIpc) is 2.34. The number of hydrogen-bond donors (Lipinski definition) is 0. The Bertz CT molecular complexity index is 134. The van der Waals surface area contributed by atoms with E-state index in [2.05, 4.69) is 25.2 Å². The Kier molecular flexibility index (Phi) is 6.06. The molecule has 0 aromatic heterocycles. The van der Waals surface area contributed by atoms with Gasteiger partial charge in [0.15, 0.2) is 0 Å². The molecule has 0 amide bonds. The fourth-order valence-electron chi connectivity index (χ4n) is 0.994. The molecule has 0 atom stereocenters. The van der Waals surface area contributed by atoms with Crippen molar-refractivity contribution in [3.05, 3.63) is 23.8 Å². The second kappa shape index (κ2) is 5.94. The summed E-state index contributed by atoms with van der Waals surface area (Å²) in [5.41, 5.74) is 1.48. The van der Waals surface area contributed by atoms with Crippen molar-refractivity contribution in [3.8, 4) is 0 Å². The summed E-state index contributed by atoms with van der Waals surface area (Å²) < 4.78 is 0. The van der Waals surface area contributed by atoms with Crippen molar-refractivity contribution < 1.29 is 21.7 Å². The Morgan fingerprint density at radius 3 is 2.90 bits per heavy atom. The Labute approximate surface area is 78.3 Å². The molecule has 1 aliphatic carbocycles. The van der Waals surface area contributed by atoms with E-state index in [9.17, 15) is 0 Å². The second-order valence-electron chi connectivity index (χ2n) is 2.44. The molecule has 0 aromatic carbocycles. The van der Waals surface area contributed by atoms with Crippen LogP contribution in [0.25, 0.3) is 0 Å². The maximum absolute atomic E-state index is 3.16. The number of rotatable bonds is 3. The van der Waals surface area contributed by atoms with Gasteiger partial charge in [-0.15, -0.1) is 6.42 Å². The summed E-state index contributed by atoms with van der Waals surface area (Å²) in [7, 11) is 0. The molecule has 0 aromatic rings. The minimum Gasteiger partial charge on any atom is -0.273 e. The molecule has 1 rings (SSSR count). The molecule has 0 fully saturated rings. The minimum absolute atomic E-state index is 0. The van der Waals surface area contributed by atoms with E-state index in [1.54, 1.807) is 0 Å². The summed E-state index contributed by atoms with van der Waals surface area (Å²) in [6.07, 6.45) is 12.5. The molecule has 0 saturated carbocycles. The molecular formula is C9H13Ti-. The first kappa shape index (κ1) is 10.2. The topological polar surface area (TPSA) is 0 Å². The third-order valence-corrected chi connectivity index (χ3v) is 1.59. The van der Waals surface area contributed by atoms with Gasteiger partial charge in [-0.1, -0.05) is 26.2 Å². The van der Waals surface area contributed by atoms with Gasteiger partial charge < -0.3 is 0 Å². The van der Waals surface area contributed by atoms with Gasteiger partial charge in [0.25, 0.3) is 0 Å². The first-order valence-corrected chi connectivity index (χ1v) is 3.69. The SMILES string of the molecule is CCCCC1=CC[C-]=C1.[Ti]. The number of unbranched alkanes of at least 4 members (excludes halogenated alkanes) is 1. The monoisotopic (exact) mass is 169 g/mol. The minimum atomic E-state index is 0. The summed E-state index contributed by atoms with van der Waals surface area (Å²) in [6.45, 7) is 2.23. The van der Waals surface area contributed by atoms with Crippen LogP contribution in [0, 0.1) is 6.08 Å². The largest absolute Gasteiger partial charge is 0.273 e. The molecule has 0 spiro atoms. The molecule has 10 heavy (non-hydrogen) atoms. The molecule has 0 N–H and O–H groups in total. The zero-order valence-corrected chi connectivity index (χ0v) is 8.04. The van der Waals surface area contributed by atoms with Crippen molar-refractivity contribution in [1.29, 1.82) is 0 Å². The Hall–Kier alpha value is 0.194. The summed E-state index contributed by atoms with van der Waals surface area (Å²) in [5.74, 6) is 0. The molecule has 0 heterocycles. The van der Waals surface area contributed by atoms with Crippen LogP contribution in [0.4, 0.5) is 0 Å². The molecule has 1 heteroatoms. The van der Waals surface area contributed by atoms with E-state index < -0.39 is 0 Å². The third kappa shape index (κ3) is 3.38. The number of allylic oxidation sites excluding steroid dienone is 4. The van der Waals surface area contributed by atoms with Gasteiger partial charge in [0.05, 0.1) is 0 Å². The molecule has 54 valence electrons. The van der Waals surface area contributed by atoms with Crippen molar-refractivity contribution in [1.82, 2.24) is 0 Å². The molecule has 0 nitrogen and oxygen atoms in total. The molecule has 0 saturated heterocycles. The van der Waals surface area contributed by atoms with Gasteiger partial charge in [0, 0.05) is 21.7 Å². The van der Waals surface area contributed by atoms with Crippen LogP contribution in [0.3, 0.4) is 0 Å². The molecule has 0 unspecified atom stereocenters. The van der Waals surface area contributed by atoms with Gasteiger partial charge in [-0.25, -0.2) is 11.6 Å². The maximum Gasteiger partial charge on any atom is 0 e. The van der Waals surface area contributed by atoms with Crippen molar-refractivity contribution in [2.75, 3.05) is 0 Å². The van der Waals surface area contributed by atoms with Crippen LogP contribution in [-0.4, -0.2) is 0 Å². The van der Waals surface area contributed by atoms with Crippen molar-refractivity contribution in [2.24, 2.45) is 0 Å². The van der Waals surface area contributed by atoms with Crippen molar-refractivity contribution in [3.63, 3.8) is 0 Å². The van der Waals surface area contributed by atoms with E-state index in [0.29, 0.717) is 0 Å². The number of hydrogen-bond acceptors (Lipinski definition) is 0. The van der Waals surface area contributed by atoms with Gasteiger partial charge in [0.2, 0.25) is 0 Å². The fourth-order valence-corrected chi connectivity index (χ4v) is 0.994. The van der Waals surface area contributed by atoms with Gasteiger partial charge >= 0.3 is 0 Å². The fraction of sp³-hybridized carbons (Fsp3) is 0.556. The molecular weight excluding hydrogens is 156 g/mol. The van der Waals surface area contributed by atoms with Crippen LogP contribution >= 0.6 is 0 Å². The maximum atomic E-state index is 3.16. The van der Waals surface area contributed by atoms with Crippen LogP contribution in [0.2, 0.25) is 0 Å². The van der Waals surface area contributed by atoms with E-state index in [0.717, 1.165) is 6.42 Å². The van der Waals surface area contributed by atoms with E-state index in [4.69, 9.17) is 0 Å². The Morgan fingerprint density at radius 2 is 2.40 bits per heavy atom. The molecule has 0 bridgehead atoms. The van der Waals surface area contributed by atoms with Gasteiger partial charge in [-0.05, 0) is 0 Å². The van der Waals surface area contributed by atoms with E-state index in [1.165, 1.54) is 24.8 Å². The zero-order chi connectivity index (χ0) is 6.53. The van der Waals surface area contributed by atoms with Crippen LogP contribution in [0.1, 0.15) is 32.6 Å². The first-order valence-electron chi connectivity index (χ1n) is 3.69. The van der Waals surface area contributed by atoms with E-state index in [1.807, 2.05) is 0 Å². The molecule has 0 radical (unpaired) electrons. The Morgan fingerprint density at radius 1 is 1.60 bits per heavy atom. The predicted molar refractivity (Wildman–Crippen MR) is 40.0 cm³/mol. The molecule has 1 aliphatic rings. The second-order valence-corrected chi connectivity index (χ2v) is 2.44. The Balaban J connectivity index is 0.000000810. The van der Waals surface area contributed by atoms with E-state index in [-0.39, 0.29) is 21.7 Å². The van der Waals surface area contributed by atoms with Gasteiger partial charge in [0.1, 0.15) is 0 Å². The summed E-state index contributed by atoms with van der Waals surface area (Å²) in [4.78, 5) is 0. The predicted octanol–water partition coefficient (Wildman–Crippen LogP) is 2.86. The van der Waals surface area contributed by atoms with Crippen LogP contribution in [0.15, 0.2) is 17.7 Å². The smallest absolute Gasteiger partial charge is 0 e. The zero-order valence-electron chi connectivity index (χ0n) is 6.48. The average molecular weight is 169 g/mol. The van der Waals surface area contributed by atoms with Gasteiger partial charge in [-0.2, -0.15) is 6.08 Å². The van der Waals surface area contributed by atoms with E-state index >= 15 is 0 Å². The summed E-state index contributed by atoms with van der Waals surface area (Å²) in [5, 5.41) is 0. The third-order valence-electron chi connectivity index (χ3n) is 1.59. The summed E-state index contributed by atoms with van der Waals surface area (Å²) >= 11 is 0. The summed E-state index contributed by atoms with van der Waals surface area (Å²) in [6, 6.07) is 0. The van der Waals surface area contributed by atoms with Gasteiger partial charge in [-0.3, -0.25) is 6.08 Å². The first-order chi connectivity index (χ1) is 4.43. The molecule has 0 aliphatic heterocycles. The standard InChI is InChI=1S/C9H13.Ti/c1-2-3-6-9-7-4-5-8-9;/h7-8H,2-4,6H2,1H3;/q-1;. The van der Waals surface area contributed by atoms with Crippen LogP contribution in [0.5, 0.6) is 0 Å². The van der Waals surface area contributed by atoms with Crippen molar-refractivity contribution in [2.45, 2.75) is 32.6 Å². The van der Waals surface area contributed by atoms with Crippen LogP contribution in [-0.2, 0) is 21.7 Å². The quantitative estimate of drug-likeness (QED) is 0.450. The normalized spacial score (nSPS) is 14.7.